The lowest BCUT2D eigenvalue weighted by Crippen LogP contribution is -2.46. The topological polar surface area (TPSA) is 64.7 Å². The lowest BCUT2D eigenvalue weighted by atomic mass is 9.90. The molecule has 1 rings (SSSR count). The highest BCUT2D eigenvalue weighted by atomic mass is 16.2. The zero-order valence-electron chi connectivity index (χ0n) is 17.3. The van der Waals surface area contributed by atoms with Crippen LogP contribution in [-0.2, 0) is 9.59 Å². The number of anilines is 2. The maximum Gasteiger partial charge on any atom is 0.239 e. The van der Waals surface area contributed by atoms with Crippen LogP contribution in [0.4, 0.5) is 11.4 Å². The molecule has 0 fully saturated rings. The van der Waals surface area contributed by atoms with Gasteiger partial charge in [-0.05, 0) is 72.5 Å². The minimum atomic E-state index is -1.14. The van der Waals surface area contributed by atoms with E-state index in [0.29, 0.717) is 6.54 Å². The fourth-order valence-corrected chi connectivity index (χ4v) is 2.57. The number of nitrogens with one attached hydrogen (secondary N) is 2. The van der Waals surface area contributed by atoms with E-state index < -0.39 is 5.41 Å². The Morgan fingerprint density at radius 3 is 2.19 bits per heavy atom. The van der Waals surface area contributed by atoms with Gasteiger partial charge >= 0.3 is 0 Å². The summed E-state index contributed by atoms with van der Waals surface area (Å²) in [5.41, 5.74) is 1.70. The van der Waals surface area contributed by atoms with Crippen LogP contribution in [0.5, 0.6) is 0 Å². The van der Waals surface area contributed by atoms with Crippen LogP contribution in [-0.4, -0.2) is 57.0 Å². The van der Waals surface area contributed by atoms with Crippen molar-refractivity contribution < 1.29 is 9.59 Å². The quantitative estimate of drug-likeness (QED) is 0.663. The lowest BCUT2D eigenvalue weighted by Gasteiger charge is -2.25. The van der Waals surface area contributed by atoms with E-state index in [0.717, 1.165) is 36.6 Å². The molecule has 2 N–H and O–H groups in total. The molecule has 0 bridgehead atoms. The number of benzene rings is 1. The van der Waals surface area contributed by atoms with Crippen LogP contribution in [0.2, 0.25) is 0 Å². The van der Waals surface area contributed by atoms with Crippen molar-refractivity contribution >= 4 is 23.2 Å². The Bertz CT molecular complexity index is 622. The molecule has 0 aliphatic rings. The summed E-state index contributed by atoms with van der Waals surface area (Å²) in [5.74, 6) is -0.576. The van der Waals surface area contributed by atoms with E-state index in [1.807, 2.05) is 38.1 Å². The van der Waals surface area contributed by atoms with Crippen LogP contribution in [0.1, 0.15) is 33.3 Å². The maximum absolute atomic E-state index is 12.7. The number of aryl methyl sites for hydroxylation is 1. The summed E-state index contributed by atoms with van der Waals surface area (Å²) >= 11 is 0. The van der Waals surface area contributed by atoms with E-state index in [2.05, 4.69) is 35.4 Å². The van der Waals surface area contributed by atoms with Crippen LogP contribution >= 0.6 is 0 Å². The summed E-state index contributed by atoms with van der Waals surface area (Å²) in [7, 11) is 3.88. The van der Waals surface area contributed by atoms with Gasteiger partial charge in [0.2, 0.25) is 11.8 Å². The molecule has 0 aromatic heterocycles. The van der Waals surface area contributed by atoms with E-state index in [9.17, 15) is 9.59 Å². The van der Waals surface area contributed by atoms with E-state index in [1.165, 1.54) is 0 Å². The van der Waals surface area contributed by atoms with Crippen molar-refractivity contribution in [2.45, 2.75) is 34.6 Å². The summed E-state index contributed by atoms with van der Waals surface area (Å²) in [6, 6.07) is 5.97. The monoisotopic (exact) mass is 362 g/mol. The van der Waals surface area contributed by atoms with Crippen LogP contribution in [0.3, 0.4) is 0 Å². The highest BCUT2D eigenvalue weighted by molar-refractivity contribution is 6.10. The Morgan fingerprint density at radius 2 is 1.69 bits per heavy atom. The van der Waals surface area contributed by atoms with Crippen LogP contribution in [0.15, 0.2) is 18.2 Å². The van der Waals surface area contributed by atoms with Gasteiger partial charge in [0.1, 0.15) is 5.41 Å². The second-order valence-electron chi connectivity index (χ2n) is 7.31. The second kappa shape index (κ2) is 9.57. The van der Waals surface area contributed by atoms with Crippen LogP contribution in [0, 0.1) is 12.3 Å². The normalized spacial score (nSPS) is 11.4. The van der Waals surface area contributed by atoms with Gasteiger partial charge in [-0.3, -0.25) is 9.59 Å². The van der Waals surface area contributed by atoms with Gasteiger partial charge in [-0.1, -0.05) is 0 Å². The van der Waals surface area contributed by atoms with Gasteiger partial charge in [0.25, 0.3) is 0 Å². The van der Waals surface area contributed by atoms with Gasteiger partial charge in [0, 0.05) is 37.6 Å². The van der Waals surface area contributed by atoms with Gasteiger partial charge in [0.05, 0.1) is 0 Å². The van der Waals surface area contributed by atoms with Crippen LogP contribution < -0.4 is 15.5 Å². The molecule has 6 nitrogen and oxygen atoms in total. The highest BCUT2D eigenvalue weighted by Crippen LogP contribution is 2.25. The standard InChI is InChI=1S/C20H34N4O2/c1-8-24(9-2)16-10-11-17(15(3)14-16)22-19(26)20(4,5)18(25)21-12-13-23(6)7/h10-11,14H,8-9,12-13H2,1-7H3,(H,21,25)(H,22,26). The minimum Gasteiger partial charge on any atom is -0.372 e. The molecule has 0 heterocycles. The SMILES string of the molecule is CCN(CC)c1ccc(NC(=O)C(C)(C)C(=O)NCCN(C)C)c(C)c1. The van der Waals surface area contributed by atoms with E-state index in [4.69, 9.17) is 0 Å². The van der Waals surface area contributed by atoms with E-state index >= 15 is 0 Å². The summed E-state index contributed by atoms with van der Waals surface area (Å²) in [6.45, 7) is 12.6. The van der Waals surface area contributed by atoms with Gasteiger partial charge < -0.3 is 20.4 Å². The second-order valence-corrected chi connectivity index (χ2v) is 7.31. The molecule has 0 aliphatic carbocycles. The Hall–Kier alpha value is -2.08. The number of amides is 2. The summed E-state index contributed by atoms with van der Waals surface area (Å²) < 4.78 is 0. The van der Waals surface area contributed by atoms with Crippen molar-refractivity contribution in [1.82, 2.24) is 10.2 Å². The zero-order valence-corrected chi connectivity index (χ0v) is 17.3. The summed E-state index contributed by atoms with van der Waals surface area (Å²) in [5, 5.41) is 5.73. The van der Waals surface area contributed by atoms with Crippen molar-refractivity contribution in [3.63, 3.8) is 0 Å². The number of hydrogen-bond acceptors (Lipinski definition) is 4. The Balaban J connectivity index is 2.80. The molecule has 0 atom stereocenters. The van der Waals surface area contributed by atoms with E-state index in [-0.39, 0.29) is 11.8 Å². The van der Waals surface area contributed by atoms with Crippen molar-refractivity contribution in [2.24, 2.45) is 5.41 Å². The molecule has 146 valence electrons. The molecule has 26 heavy (non-hydrogen) atoms. The van der Waals surface area contributed by atoms with Crippen molar-refractivity contribution in [2.75, 3.05) is 50.5 Å². The predicted octanol–water partition coefficient (Wildman–Crippen LogP) is 2.48. The fourth-order valence-electron chi connectivity index (χ4n) is 2.57. The van der Waals surface area contributed by atoms with Gasteiger partial charge in [-0.15, -0.1) is 0 Å². The molecule has 0 spiro atoms. The molecule has 0 saturated heterocycles. The first-order valence-corrected chi connectivity index (χ1v) is 9.23. The molecule has 2 amide bonds. The molecular weight excluding hydrogens is 328 g/mol. The number of nitrogens with zero attached hydrogens (tertiary/aromatic N) is 2. The highest BCUT2D eigenvalue weighted by Gasteiger charge is 2.36. The molecular formula is C20H34N4O2. The minimum absolute atomic E-state index is 0.269. The fraction of sp³-hybridized carbons (Fsp3) is 0.600. The van der Waals surface area contributed by atoms with Crippen molar-refractivity contribution in [3.05, 3.63) is 23.8 Å². The van der Waals surface area contributed by atoms with E-state index in [1.54, 1.807) is 13.8 Å². The molecule has 1 aromatic rings. The van der Waals surface area contributed by atoms with Gasteiger partial charge in [-0.2, -0.15) is 0 Å². The summed E-state index contributed by atoms with van der Waals surface area (Å²) in [6.07, 6.45) is 0. The zero-order chi connectivity index (χ0) is 19.9. The first-order chi connectivity index (χ1) is 12.1. The maximum atomic E-state index is 12.7. The van der Waals surface area contributed by atoms with Crippen molar-refractivity contribution in [3.8, 4) is 0 Å². The predicted molar refractivity (Wildman–Crippen MR) is 109 cm³/mol. The molecule has 0 radical (unpaired) electrons. The number of likely N-dealkylation sites (N-methyl/N-ethyl adjacent to an activating group) is 1. The molecule has 6 heteroatoms. The smallest absolute Gasteiger partial charge is 0.239 e. The number of carbonyl (C=O) groups is 2. The van der Waals surface area contributed by atoms with Crippen LogP contribution in [0.25, 0.3) is 0 Å². The van der Waals surface area contributed by atoms with Crippen molar-refractivity contribution in [1.29, 1.82) is 0 Å². The molecule has 1 aromatic carbocycles. The van der Waals surface area contributed by atoms with Gasteiger partial charge in [-0.25, -0.2) is 0 Å². The first kappa shape index (κ1) is 22.0. The number of carbonyl (C=O) groups excluding carboxylic acids is 2. The third-order valence-electron chi connectivity index (χ3n) is 4.57. The molecule has 0 saturated carbocycles. The average Bonchev–Trinajstić information content (AvgIpc) is 2.57. The average molecular weight is 363 g/mol. The molecule has 0 unspecified atom stereocenters. The largest absolute Gasteiger partial charge is 0.372 e. The third-order valence-corrected chi connectivity index (χ3v) is 4.57. The molecule has 0 aliphatic heterocycles. The number of hydrogen-bond donors (Lipinski definition) is 2. The third kappa shape index (κ3) is 5.73. The number of rotatable bonds is 9. The van der Waals surface area contributed by atoms with Gasteiger partial charge in [0.15, 0.2) is 0 Å². The Labute approximate surface area is 157 Å². The first-order valence-electron chi connectivity index (χ1n) is 9.23. The lowest BCUT2D eigenvalue weighted by molar-refractivity contribution is -0.138. The summed E-state index contributed by atoms with van der Waals surface area (Å²) in [4.78, 5) is 29.3. The Morgan fingerprint density at radius 1 is 1.08 bits per heavy atom. The Kier molecular flexibility index (Phi) is 8.08.